The standard InChI is InChI=1S/C15H23N3O2/c1-17-15(20)11-6-7-13(16)14(9-11)18-8-4-2-3-5-12(18)10-19/h6-7,9,12,19H,2-5,8,10,16H2,1H3,(H,17,20). The first kappa shape index (κ1) is 14.7. The van der Waals surface area contributed by atoms with Crippen LogP contribution in [0.2, 0.25) is 0 Å². The van der Waals surface area contributed by atoms with E-state index in [0.29, 0.717) is 11.3 Å². The third kappa shape index (κ3) is 3.04. The van der Waals surface area contributed by atoms with E-state index < -0.39 is 0 Å². The summed E-state index contributed by atoms with van der Waals surface area (Å²) in [6.45, 7) is 0.982. The summed E-state index contributed by atoms with van der Waals surface area (Å²) in [5, 5.41) is 12.2. The number of nitrogens with one attached hydrogen (secondary N) is 1. The van der Waals surface area contributed by atoms with E-state index in [1.807, 2.05) is 6.07 Å². The lowest BCUT2D eigenvalue weighted by Crippen LogP contribution is -2.38. The van der Waals surface area contributed by atoms with E-state index in [-0.39, 0.29) is 18.6 Å². The molecule has 1 fully saturated rings. The molecular weight excluding hydrogens is 254 g/mol. The van der Waals surface area contributed by atoms with Crippen molar-refractivity contribution < 1.29 is 9.90 Å². The number of nitrogens with two attached hydrogens (primary N) is 1. The quantitative estimate of drug-likeness (QED) is 0.729. The summed E-state index contributed by atoms with van der Waals surface area (Å²) >= 11 is 0. The molecule has 1 unspecified atom stereocenters. The van der Waals surface area contributed by atoms with Crippen LogP contribution in [-0.4, -0.2) is 37.3 Å². The third-order valence-corrected chi connectivity index (χ3v) is 3.92. The van der Waals surface area contributed by atoms with Gasteiger partial charge in [0.25, 0.3) is 5.91 Å². The van der Waals surface area contributed by atoms with Gasteiger partial charge in [-0.15, -0.1) is 0 Å². The maximum Gasteiger partial charge on any atom is 0.251 e. The fraction of sp³-hybridized carbons (Fsp3) is 0.533. The van der Waals surface area contributed by atoms with E-state index in [0.717, 1.165) is 31.5 Å². The van der Waals surface area contributed by atoms with Crippen LogP contribution in [-0.2, 0) is 0 Å². The Morgan fingerprint density at radius 1 is 1.45 bits per heavy atom. The van der Waals surface area contributed by atoms with Crippen LogP contribution >= 0.6 is 0 Å². The molecule has 20 heavy (non-hydrogen) atoms. The molecule has 2 rings (SSSR count). The molecule has 1 heterocycles. The number of nitrogens with zero attached hydrogens (tertiary/aromatic N) is 1. The van der Waals surface area contributed by atoms with E-state index in [2.05, 4.69) is 10.2 Å². The predicted molar refractivity (Wildman–Crippen MR) is 80.9 cm³/mol. The lowest BCUT2D eigenvalue weighted by Gasteiger charge is -2.32. The zero-order valence-corrected chi connectivity index (χ0v) is 11.9. The average Bonchev–Trinajstić information content (AvgIpc) is 2.72. The number of rotatable bonds is 3. The van der Waals surface area contributed by atoms with Crippen molar-refractivity contribution in [2.75, 3.05) is 30.8 Å². The van der Waals surface area contributed by atoms with Gasteiger partial charge in [-0.25, -0.2) is 0 Å². The van der Waals surface area contributed by atoms with Crippen molar-refractivity contribution in [2.24, 2.45) is 0 Å². The second-order valence-corrected chi connectivity index (χ2v) is 5.23. The molecule has 0 aliphatic carbocycles. The normalized spacial score (nSPS) is 19.5. The van der Waals surface area contributed by atoms with Gasteiger partial charge in [-0.3, -0.25) is 4.79 Å². The van der Waals surface area contributed by atoms with Crippen LogP contribution in [0.25, 0.3) is 0 Å². The number of aliphatic hydroxyl groups excluding tert-OH is 1. The first-order chi connectivity index (χ1) is 9.67. The van der Waals surface area contributed by atoms with Crippen molar-refractivity contribution in [1.29, 1.82) is 0 Å². The highest BCUT2D eigenvalue weighted by atomic mass is 16.3. The van der Waals surface area contributed by atoms with Crippen molar-refractivity contribution in [2.45, 2.75) is 31.7 Å². The molecule has 0 aromatic heterocycles. The summed E-state index contributed by atoms with van der Waals surface area (Å²) in [4.78, 5) is 13.9. The van der Waals surface area contributed by atoms with Crippen LogP contribution in [0.5, 0.6) is 0 Å². The molecule has 1 saturated heterocycles. The van der Waals surface area contributed by atoms with E-state index in [1.54, 1.807) is 19.2 Å². The number of anilines is 2. The van der Waals surface area contributed by atoms with Gasteiger partial charge in [0.05, 0.1) is 24.0 Å². The van der Waals surface area contributed by atoms with Crippen LogP contribution in [0.3, 0.4) is 0 Å². The number of hydrogen-bond donors (Lipinski definition) is 3. The highest BCUT2D eigenvalue weighted by molar-refractivity contribution is 5.96. The molecular formula is C15H23N3O2. The topological polar surface area (TPSA) is 78.6 Å². The maximum atomic E-state index is 11.8. The number of amides is 1. The molecule has 5 heteroatoms. The first-order valence-electron chi connectivity index (χ1n) is 7.16. The molecule has 110 valence electrons. The minimum absolute atomic E-state index is 0.0831. The third-order valence-electron chi connectivity index (χ3n) is 3.92. The van der Waals surface area contributed by atoms with Gasteiger partial charge in [0, 0.05) is 19.2 Å². The summed E-state index contributed by atoms with van der Waals surface area (Å²) < 4.78 is 0. The molecule has 1 amide bonds. The summed E-state index contributed by atoms with van der Waals surface area (Å²) in [7, 11) is 1.61. The molecule has 0 spiro atoms. The highest BCUT2D eigenvalue weighted by Crippen LogP contribution is 2.30. The minimum atomic E-state index is -0.123. The first-order valence-corrected chi connectivity index (χ1v) is 7.16. The largest absolute Gasteiger partial charge is 0.397 e. The van der Waals surface area contributed by atoms with Gasteiger partial charge in [0.2, 0.25) is 0 Å². The van der Waals surface area contributed by atoms with Crippen LogP contribution < -0.4 is 16.0 Å². The van der Waals surface area contributed by atoms with E-state index >= 15 is 0 Å². The molecule has 1 aromatic carbocycles. The van der Waals surface area contributed by atoms with Gasteiger partial charge in [-0.2, -0.15) is 0 Å². The second-order valence-electron chi connectivity index (χ2n) is 5.23. The number of hydrogen-bond acceptors (Lipinski definition) is 4. The highest BCUT2D eigenvalue weighted by Gasteiger charge is 2.22. The Hall–Kier alpha value is -1.75. The fourth-order valence-corrected chi connectivity index (χ4v) is 2.76. The van der Waals surface area contributed by atoms with Crippen LogP contribution in [0.15, 0.2) is 18.2 Å². The van der Waals surface area contributed by atoms with Gasteiger partial charge in [0.15, 0.2) is 0 Å². The fourth-order valence-electron chi connectivity index (χ4n) is 2.76. The number of carbonyl (C=O) groups excluding carboxylic acids is 1. The number of benzene rings is 1. The molecule has 1 atom stereocenters. The second kappa shape index (κ2) is 6.61. The molecule has 0 bridgehead atoms. The number of nitrogen functional groups attached to an aromatic ring is 1. The molecule has 0 radical (unpaired) electrons. The summed E-state index contributed by atoms with van der Waals surface area (Å²) in [5.74, 6) is -0.123. The van der Waals surface area contributed by atoms with E-state index in [1.165, 1.54) is 6.42 Å². The van der Waals surface area contributed by atoms with Gasteiger partial charge in [-0.1, -0.05) is 12.8 Å². The molecule has 1 aromatic rings. The number of aliphatic hydroxyl groups is 1. The molecule has 1 aliphatic rings. The summed E-state index contributed by atoms with van der Waals surface area (Å²) in [5.41, 5.74) is 8.17. The predicted octanol–water partition coefficient (Wildman–Crippen LogP) is 1.37. The lowest BCUT2D eigenvalue weighted by molar-refractivity contribution is 0.0963. The van der Waals surface area contributed by atoms with Gasteiger partial charge >= 0.3 is 0 Å². The molecule has 1 aliphatic heterocycles. The molecule has 5 nitrogen and oxygen atoms in total. The van der Waals surface area contributed by atoms with Gasteiger partial charge in [-0.05, 0) is 31.0 Å². The monoisotopic (exact) mass is 277 g/mol. The van der Waals surface area contributed by atoms with Crippen molar-refractivity contribution >= 4 is 17.3 Å². The minimum Gasteiger partial charge on any atom is -0.397 e. The average molecular weight is 277 g/mol. The van der Waals surface area contributed by atoms with E-state index in [4.69, 9.17) is 5.73 Å². The molecule has 4 N–H and O–H groups in total. The van der Waals surface area contributed by atoms with Crippen molar-refractivity contribution in [1.82, 2.24) is 5.32 Å². The van der Waals surface area contributed by atoms with Crippen molar-refractivity contribution in [3.63, 3.8) is 0 Å². The lowest BCUT2D eigenvalue weighted by atomic mass is 10.1. The zero-order valence-electron chi connectivity index (χ0n) is 11.9. The summed E-state index contributed by atoms with van der Waals surface area (Å²) in [6, 6.07) is 5.39. The Labute approximate surface area is 119 Å². The van der Waals surface area contributed by atoms with Crippen molar-refractivity contribution in [3.05, 3.63) is 23.8 Å². The van der Waals surface area contributed by atoms with Gasteiger partial charge in [0.1, 0.15) is 0 Å². The Balaban J connectivity index is 2.35. The SMILES string of the molecule is CNC(=O)c1ccc(N)c(N2CCCCCC2CO)c1. The molecule has 0 saturated carbocycles. The Morgan fingerprint density at radius 2 is 2.25 bits per heavy atom. The summed E-state index contributed by atoms with van der Waals surface area (Å²) in [6.07, 6.45) is 4.33. The van der Waals surface area contributed by atoms with E-state index in [9.17, 15) is 9.90 Å². The maximum absolute atomic E-state index is 11.8. The van der Waals surface area contributed by atoms with Crippen LogP contribution in [0.1, 0.15) is 36.0 Å². The zero-order chi connectivity index (χ0) is 14.5. The van der Waals surface area contributed by atoms with Crippen LogP contribution in [0.4, 0.5) is 11.4 Å². The smallest absolute Gasteiger partial charge is 0.251 e. The Kier molecular flexibility index (Phi) is 4.84. The van der Waals surface area contributed by atoms with Gasteiger partial charge < -0.3 is 21.1 Å². The Bertz CT molecular complexity index is 476. The Morgan fingerprint density at radius 3 is 2.95 bits per heavy atom. The van der Waals surface area contributed by atoms with Crippen molar-refractivity contribution in [3.8, 4) is 0 Å². The number of carbonyl (C=O) groups is 1. The van der Waals surface area contributed by atoms with Crippen LogP contribution in [0, 0.1) is 0 Å².